The van der Waals surface area contributed by atoms with Gasteiger partial charge in [-0.05, 0) is 82.7 Å². The molecule has 158 valence electrons. The van der Waals surface area contributed by atoms with Gasteiger partial charge in [0.15, 0.2) is 0 Å². The van der Waals surface area contributed by atoms with E-state index in [1.165, 1.54) is 18.4 Å². The van der Waals surface area contributed by atoms with Crippen LogP contribution >= 0.6 is 11.6 Å². The molecule has 5 nitrogen and oxygen atoms in total. The Hall–Kier alpha value is -1.46. The van der Waals surface area contributed by atoms with E-state index in [4.69, 9.17) is 21.1 Å². The Morgan fingerprint density at radius 3 is 2.90 bits per heavy atom. The predicted octanol–water partition coefficient (Wildman–Crippen LogP) is 4.47. The highest BCUT2D eigenvalue weighted by molar-refractivity contribution is 6.30. The first-order valence-electron chi connectivity index (χ1n) is 11.2. The number of fused-ring (bicyclic) bond motifs is 3. The average molecular weight is 419 g/mol. The molecular formula is C23H31ClN2O3. The minimum absolute atomic E-state index is 0.114. The number of piperidine rings is 2. The smallest absolute Gasteiger partial charge is 0.410 e. The maximum Gasteiger partial charge on any atom is 0.410 e. The molecule has 0 aromatic heterocycles. The van der Waals surface area contributed by atoms with E-state index in [0.717, 1.165) is 62.7 Å². The van der Waals surface area contributed by atoms with Crippen molar-refractivity contribution in [2.24, 2.45) is 5.92 Å². The van der Waals surface area contributed by atoms with Crippen LogP contribution in [0.25, 0.3) is 0 Å². The van der Waals surface area contributed by atoms with Gasteiger partial charge in [0, 0.05) is 34.6 Å². The summed E-state index contributed by atoms with van der Waals surface area (Å²) >= 11 is 6.28. The number of rotatable bonds is 2. The van der Waals surface area contributed by atoms with Crippen molar-refractivity contribution in [1.82, 2.24) is 9.80 Å². The lowest BCUT2D eigenvalue weighted by atomic mass is 9.74. The summed E-state index contributed by atoms with van der Waals surface area (Å²) in [5.41, 5.74) is 1.43. The number of carbonyl (C=O) groups is 1. The Bertz CT molecular complexity index is 777. The Morgan fingerprint density at radius 1 is 1.28 bits per heavy atom. The number of nitrogens with zero attached hydrogens (tertiary/aromatic N) is 2. The Balaban J connectivity index is 1.25. The summed E-state index contributed by atoms with van der Waals surface area (Å²) < 4.78 is 11.3. The molecule has 1 saturated carbocycles. The van der Waals surface area contributed by atoms with Crippen LogP contribution in [0.5, 0.6) is 5.75 Å². The number of hydrogen-bond donors (Lipinski definition) is 0. The van der Waals surface area contributed by atoms with E-state index in [9.17, 15) is 4.79 Å². The molecule has 5 rings (SSSR count). The van der Waals surface area contributed by atoms with E-state index in [1.54, 1.807) is 0 Å². The summed E-state index contributed by atoms with van der Waals surface area (Å²) in [6.45, 7) is 6.17. The fourth-order valence-electron chi connectivity index (χ4n) is 6.25. The third-order valence-electron chi connectivity index (χ3n) is 7.80. The predicted molar refractivity (Wildman–Crippen MR) is 113 cm³/mol. The van der Waals surface area contributed by atoms with Crippen molar-refractivity contribution in [3.63, 3.8) is 0 Å². The molecule has 3 atom stereocenters. The molecule has 1 amide bonds. The maximum absolute atomic E-state index is 12.4. The number of halogens is 1. The van der Waals surface area contributed by atoms with Crippen LogP contribution in [0.2, 0.25) is 5.02 Å². The molecule has 1 aromatic rings. The van der Waals surface area contributed by atoms with E-state index in [1.807, 2.05) is 24.0 Å². The van der Waals surface area contributed by atoms with E-state index >= 15 is 0 Å². The van der Waals surface area contributed by atoms with Crippen molar-refractivity contribution in [2.75, 3.05) is 32.8 Å². The first-order chi connectivity index (χ1) is 14.1. The Kier molecular flexibility index (Phi) is 5.15. The number of benzene rings is 1. The Labute approximate surface area is 178 Å². The van der Waals surface area contributed by atoms with Gasteiger partial charge >= 0.3 is 6.09 Å². The van der Waals surface area contributed by atoms with Gasteiger partial charge in [-0.15, -0.1) is 0 Å². The van der Waals surface area contributed by atoms with Crippen molar-refractivity contribution in [3.8, 4) is 5.75 Å². The normalized spacial score (nSPS) is 30.7. The molecule has 0 radical (unpaired) electrons. The Morgan fingerprint density at radius 2 is 2.10 bits per heavy atom. The highest BCUT2D eigenvalue weighted by Crippen LogP contribution is 2.48. The summed E-state index contributed by atoms with van der Waals surface area (Å²) in [7, 11) is 0. The first-order valence-corrected chi connectivity index (χ1v) is 11.6. The summed E-state index contributed by atoms with van der Waals surface area (Å²) in [6.07, 6.45) is 6.78. The molecule has 4 aliphatic rings. The highest BCUT2D eigenvalue weighted by Gasteiger charge is 2.48. The fraction of sp³-hybridized carbons (Fsp3) is 0.696. The molecule has 0 bridgehead atoms. The van der Waals surface area contributed by atoms with Crippen LogP contribution in [0, 0.1) is 5.92 Å². The third kappa shape index (κ3) is 3.40. The van der Waals surface area contributed by atoms with Crippen LogP contribution in [-0.4, -0.2) is 60.8 Å². The second-order valence-corrected chi connectivity index (χ2v) is 9.67. The molecule has 3 aliphatic heterocycles. The van der Waals surface area contributed by atoms with E-state index < -0.39 is 0 Å². The van der Waals surface area contributed by atoms with E-state index in [0.29, 0.717) is 24.6 Å². The van der Waals surface area contributed by atoms with Gasteiger partial charge in [0.2, 0.25) is 0 Å². The number of hydrogen-bond acceptors (Lipinski definition) is 4. The zero-order valence-electron chi connectivity index (χ0n) is 17.2. The second-order valence-electron chi connectivity index (χ2n) is 9.23. The molecule has 1 aliphatic carbocycles. The van der Waals surface area contributed by atoms with E-state index in [2.05, 4.69) is 11.0 Å². The van der Waals surface area contributed by atoms with Crippen molar-refractivity contribution in [3.05, 3.63) is 28.8 Å². The van der Waals surface area contributed by atoms with Gasteiger partial charge < -0.3 is 19.3 Å². The SMILES string of the molecule is CCOC(=O)N1CCCC2CC(N3CCC4(CC3)COc3ccc(Cl)cc34)CC21. The number of likely N-dealkylation sites (tertiary alicyclic amines) is 2. The zero-order chi connectivity index (χ0) is 20.0. The van der Waals surface area contributed by atoms with Gasteiger partial charge in [0.05, 0.1) is 13.2 Å². The molecular weight excluding hydrogens is 388 g/mol. The molecule has 29 heavy (non-hydrogen) atoms. The first kappa shape index (κ1) is 19.5. The summed E-state index contributed by atoms with van der Waals surface area (Å²) in [5.74, 6) is 1.64. The molecule has 0 N–H and O–H groups in total. The van der Waals surface area contributed by atoms with Crippen molar-refractivity contribution in [1.29, 1.82) is 0 Å². The zero-order valence-corrected chi connectivity index (χ0v) is 18.0. The van der Waals surface area contributed by atoms with E-state index in [-0.39, 0.29) is 11.5 Å². The second kappa shape index (κ2) is 7.66. The highest BCUT2D eigenvalue weighted by atomic mass is 35.5. The molecule has 1 spiro atoms. The number of amides is 1. The summed E-state index contributed by atoms with van der Waals surface area (Å²) in [6, 6.07) is 6.99. The van der Waals surface area contributed by atoms with Crippen LogP contribution in [0.3, 0.4) is 0 Å². The fourth-order valence-corrected chi connectivity index (χ4v) is 6.43. The molecule has 3 unspecified atom stereocenters. The van der Waals surface area contributed by atoms with Crippen LogP contribution in [0.4, 0.5) is 4.79 Å². The number of carbonyl (C=O) groups excluding carboxylic acids is 1. The molecule has 2 saturated heterocycles. The van der Waals surface area contributed by atoms with Crippen LogP contribution in [0.15, 0.2) is 18.2 Å². The lowest BCUT2D eigenvalue weighted by Gasteiger charge is -2.41. The number of ether oxygens (including phenoxy) is 2. The molecule has 1 aromatic carbocycles. The van der Waals surface area contributed by atoms with Crippen LogP contribution < -0.4 is 4.74 Å². The van der Waals surface area contributed by atoms with Gasteiger partial charge in [0.1, 0.15) is 5.75 Å². The van der Waals surface area contributed by atoms with Crippen LogP contribution in [0.1, 0.15) is 51.0 Å². The van der Waals surface area contributed by atoms with Crippen molar-refractivity contribution < 1.29 is 14.3 Å². The van der Waals surface area contributed by atoms with Gasteiger partial charge in [0.25, 0.3) is 0 Å². The van der Waals surface area contributed by atoms with Gasteiger partial charge in [-0.1, -0.05) is 11.6 Å². The topological polar surface area (TPSA) is 42.0 Å². The standard InChI is InChI=1S/C23H31ClN2O3/c1-2-28-22(27)26-9-3-4-16-12-18(14-20(16)26)25-10-7-23(8-11-25)15-29-21-6-5-17(24)13-19(21)23/h5-6,13,16,18,20H,2-4,7-12,14-15H2,1H3. The van der Waals surface area contributed by atoms with Gasteiger partial charge in [-0.25, -0.2) is 4.79 Å². The summed E-state index contributed by atoms with van der Waals surface area (Å²) in [4.78, 5) is 17.1. The van der Waals surface area contributed by atoms with Gasteiger partial charge in [-0.3, -0.25) is 0 Å². The van der Waals surface area contributed by atoms with Gasteiger partial charge in [-0.2, -0.15) is 0 Å². The van der Waals surface area contributed by atoms with Crippen LogP contribution in [-0.2, 0) is 10.2 Å². The van der Waals surface area contributed by atoms with Crippen molar-refractivity contribution in [2.45, 2.75) is 62.9 Å². The molecule has 3 heterocycles. The maximum atomic E-state index is 12.4. The summed E-state index contributed by atoms with van der Waals surface area (Å²) in [5, 5.41) is 0.801. The average Bonchev–Trinajstić information content (AvgIpc) is 3.31. The third-order valence-corrected chi connectivity index (χ3v) is 8.03. The largest absolute Gasteiger partial charge is 0.492 e. The molecule has 3 fully saturated rings. The lowest BCUT2D eigenvalue weighted by molar-refractivity contribution is 0.0630. The minimum atomic E-state index is -0.114. The lowest BCUT2D eigenvalue weighted by Crippen LogP contribution is -2.48. The minimum Gasteiger partial charge on any atom is -0.492 e. The van der Waals surface area contributed by atoms with Crippen molar-refractivity contribution >= 4 is 17.7 Å². The quantitative estimate of drug-likeness (QED) is 0.710. The molecule has 6 heteroatoms. The monoisotopic (exact) mass is 418 g/mol.